The molecule has 0 bridgehead atoms. The molecule has 0 aromatic rings. The van der Waals surface area contributed by atoms with Crippen LogP contribution < -0.4 is 9.96 Å². The van der Waals surface area contributed by atoms with Gasteiger partial charge in [0.15, 0.2) is 0 Å². The average Bonchev–Trinajstić information content (AvgIpc) is 2.90. The van der Waals surface area contributed by atoms with Crippen molar-refractivity contribution >= 4 is 0 Å². The number of hydroxylamine groups is 2. The van der Waals surface area contributed by atoms with Crippen LogP contribution in [-0.4, -0.2) is 48.6 Å². The van der Waals surface area contributed by atoms with Gasteiger partial charge in [0.2, 0.25) is 0 Å². The molecule has 1 saturated heterocycles. The number of quaternary nitrogens is 2. The van der Waals surface area contributed by atoms with Gasteiger partial charge in [0.1, 0.15) is 11.1 Å². The van der Waals surface area contributed by atoms with Crippen LogP contribution in [0.3, 0.4) is 0 Å². The molecule has 0 atom stereocenters. The SMILES string of the molecule is C[NH+](C)C1(CCCOC2CC(C)(C)[NH+](O)C(C)(C)C2)CCCC1. The van der Waals surface area contributed by atoms with Crippen molar-refractivity contribution in [1.29, 1.82) is 0 Å². The highest BCUT2D eigenvalue weighted by Crippen LogP contribution is 2.31. The van der Waals surface area contributed by atoms with Crippen LogP contribution >= 0.6 is 0 Å². The van der Waals surface area contributed by atoms with E-state index in [1.807, 2.05) is 0 Å². The van der Waals surface area contributed by atoms with E-state index in [1.54, 1.807) is 4.90 Å². The summed E-state index contributed by atoms with van der Waals surface area (Å²) < 4.78 is 6.25. The van der Waals surface area contributed by atoms with Gasteiger partial charge in [-0.15, -0.1) is 0 Å². The molecule has 1 saturated carbocycles. The van der Waals surface area contributed by atoms with Crippen molar-refractivity contribution in [3.05, 3.63) is 0 Å². The molecule has 2 aliphatic rings. The zero-order valence-electron chi connectivity index (χ0n) is 16.3. The molecule has 2 fully saturated rings. The Kier molecular flexibility index (Phi) is 5.82. The summed E-state index contributed by atoms with van der Waals surface area (Å²) in [4.78, 5) is 1.62. The summed E-state index contributed by atoms with van der Waals surface area (Å²) in [6.07, 6.45) is 10.1. The summed E-state index contributed by atoms with van der Waals surface area (Å²) in [6.45, 7) is 9.43. The number of rotatable bonds is 6. The van der Waals surface area contributed by atoms with E-state index in [9.17, 15) is 5.21 Å². The highest BCUT2D eigenvalue weighted by atomic mass is 16.5. The molecule has 0 radical (unpaired) electrons. The topological polar surface area (TPSA) is 38.3 Å². The molecule has 4 nitrogen and oxygen atoms in total. The van der Waals surface area contributed by atoms with E-state index >= 15 is 0 Å². The Morgan fingerprint density at radius 1 is 1.04 bits per heavy atom. The zero-order valence-corrected chi connectivity index (χ0v) is 16.3. The first kappa shape index (κ1) is 19.2. The molecule has 0 spiro atoms. The lowest BCUT2D eigenvalue weighted by atomic mass is 9.80. The molecule has 1 heterocycles. The van der Waals surface area contributed by atoms with Crippen LogP contribution in [0.4, 0.5) is 0 Å². The number of hydrogen-bond acceptors (Lipinski definition) is 2. The summed E-state index contributed by atoms with van der Waals surface area (Å²) in [5.74, 6) is 0. The van der Waals surface area contributed by atoms with Gasteiger partial charge in [-0.25, -0.2) is 5.21 Å². The molecule has 3 N–H and O–H groups in total. The fourth-order valence-electron chi connectivity index (χ4n) is 5.15. The van der Waals surface area contributed by atoms with Crippen LogP contribution in [0.2, 0.25) is 0 Å². The maximum Gasteiger partial charge on any atom is 0.124 e. The van der Waals surface area contributed by atoms with Crippen molar-refractivity contribution in [2.75, 3.05) is 20.7 Å². The lowest BCUT2D eigenvalue weighted by molar-refractivity contribution is -1.16. The normalized spacial score (nSPS) is 32.3. The van der Waals surface area contributed by atoms with Crippen LogP contribution in [0, 0.1) is 0 Å². The predicted octanol–water partition coefficient (Wildman–Crippen LogP) is 1.23. The highest BCUT2D eigenvalue weighted by molar-refractivity contribution is 4.86. The lowest BCUT2D eigenvalue weighted by Crippen LogP contribution is -3.25. The van der Waals surface area contributed by atoms with Gasteiger partial charge in [0, 0.05) is 38.7 Å². The molecule has 0 aromatic carbocycles. The second-order valence-corrected chi connectivity index (χ2v) is 9.61. The highest BCUT2D eigenvalue weighted by Gasteiger charge is 2.50. The van der Waals surface area contributed by atoms with Gasteiger partial charge in [-0.05, 0) is 47.0 Å². The first-order valence-corrected chi connectivity index (χ1v) is 9.58. The third-order valence-corrected chi connectivity index (χ3v) is 6.53. The Morgan fingerprint density at radius 2 is 1.57 bits per heavy atom. The largest absolute Gasteiger partial charge is 0.378 e. The number of nitrogens with one attached hydrogen (secondary N) is 2. The van der Waals surface area contributed by atoms with E-state index in [4.69, 9.17) is 4.74 Å². The number of hydrogen-bond donors (Lipinski definition) is 3. The first-order chi connectivity index (χ1) is 10.6. The second-order valence-electron chi connectivity index (χ2n) is 9.61. The fraction of sp³-hybridized carbons (Fsp3) is 1.00. The smallest absolute Gasteiger partial charge is 0.124 e. The Bertz CT molecular complexity index is 369. The maximum absolute atomic E-state index is 10.5. The van der Waals surface area contributed by atoms with Crippen molar-refractivity contribution in [1.82, 2.24) is 0 Å². The molecule has 136 valence electrons. The van der Waals surface area contributed by atoms with Gasteiger partial charge in [0.05, 0.1) is 25.7 Å². The third kappa shape index (κ3) is 4.28. The van der Waals surface area contributed by atoms with Crippen LogP contribution in [0.5, 0.6) is 0 Å². The van der Waals surface area contributed by atoms with Gasteiger partial charge in [-0.2, -0.15) is 5.06 Å². The van der Waals surface area contributed by atoms with E-state index in [-0.39, 0.29) is 17.2 Å². The zero-order chi connectivity index (χ0) is 17.3. The van der Waals surface area contributed by atoms with E-state index in [1.165, 1.54) is 32.1 Å². The molecule has 1 aliphatic carbocycles. The first-order valence-electron chi connectivity index (χ1n) is 9.58. The number of ether oxygens (including phenoxy) is 1. The maximum atomic E-state index is 10.5. The Balaban J connectivity index is 1.80. The standard InChI is InChI=1S/C19H38N2O2/c1-17(2)14-16(15-18(3,4)21(17)22)23-13-9-12-19(20(5)6)10-7-8-11-19/h16,22H,7-15H2,1-6H3/p+2. The van der Waals surface area contributed by atoms with Crippen molar-refractivity contribution in [2.24, 2.45) is 0 Å². The van der Waals surface area contributed by atoms with Gasteiger partial charge in [-0.3, -0.25) is 0 Å². The monoisotopic (exact) mass is 328 g/mol. The van der Waals surface area contributed by atoms with E-state index in [0.717, 1.165) is 25.9 Å². The number of piperidine rings is 1. The van der Waals surface area contributed by atoms with Crippen LogP contribution in [0.25, 0.3) is 0 Å². The predicted molar refractivity (Wildman–Crippen MR) is 93.1 cm³/mol. The summed E-state index contributed by atoms with van der Waals surface area (Å²) in [5, 5.41) is 11.1. The van der Waals surface area contributed by atoms with Gasteiger partial charge < -0.3 is 9.64 Å². The van der Waals surface area contributed by atoms with Gasteiger partial charge in [-0.1, -0.05) is 0 Å². The third-order valence-electron chi connectivity index (χ3n) is 6.53. The van der Waals surface area contributed by atoms with E-state index < -0.39 is 0 Å². The van der Waals surface area contributed by atoms with Crippen molar-refractivity contribution in [3.63, 3.8) is 0 Å². The molecular weight excluding hydrogens is 288 g/mol. The molecule has 23 heavy (non-hydrogen) atoms. The summed E-state index contributed by atoms with van der Waals surface area (Å²) in [5.41, 5.74) is 0.236. The van der Waals surface area contributed by atoms with E-state index in [0.29, 0.717) is 10.6 Å². The molecule has 0 amide bonds. The van der Waals surface area contributed by atoms with E-state index in [2.05, 4.69) is 41.8 Å². The summed E-state index contributed by atoms with van der Waals surface area (Å²) in [6, 6.07) is 0. The van der Waals surface area contributed by atoms with Gasteiger partial charge in [0.25, 0.3) is 0 Å². The van der Waals surface area contributed by atoms with Crippen molar-refractivity contribution in [3.8, 4) is 0 Å². The Labute approximate surface area is 143 Å². The van der Waals surface area contributed by atoms with Crippen molar-refractivity contribution < 1.29 is 19.9 Å². The minimum atomic E-state index is -0.132. The minimum absolute atomic E-state index is 0.132. The molecular formula is C19H40N2O2+2. The minimum Gasteiger partial charge on any atom is -0.378 e. The molecule has 1 aliphatic heterocycles. The molecule has 2 rings (SSSR count). The fourth-order valence-corrected chi connectivity index (χ4v) is 5.15. The molecule has 4 heteroatoms. The average molecular weight is 329 g/mol. The Morgan fingerprint density at radius 3 is 2.04 bits per heavy atom. The molecule has 0 aromatic heterocycles. The van der Waals surface area contributed by atoms with Crippen LogP contribution in [0.15, 0.2) is 0 Å². The quantitative estimate of drug-likeness (QED) is 0.642. The van der Waals surface area contributed by atoms with Crippen LogP contribution in [0.1, 0.15) is 79.1 Å². The summed E-state index contributed by atoms with van der Waals surface area (Å²) in [7, 11) is 4.63. The molecule has 0 unspecified atom stereocenters. The summed E-state index contributed by atoms with van der Waals surface area (Å²) >= 11 is 0. The Hall–Kier alpha value is -0.160. The van der Waals surface area contributed by atoms with Crippen LogP contribution in [-0.2, 0) is 4.74 Å². The lowest BCUT2D eigenvalue weighted by Gasteiger charge is -2.47. The van der Waals surface area contributed by atoms with Crippen molar-refractivity contribution in [2.45, 2.75) is 102 Å². The van der Waals surface area contributed by atoms with Gasteiger partial charge >= 0.3 is 0 Å². The second kappa shape index (κ2) is 6.99.